The molecule has 0 aliphatic heterocycles. The highest BCUT2D eigenvalue weighted by Crippen LogP contribution is 2.28. The minimum Gasteiger partial charge on any atom is -0.308 e. The van der Waals surface area contributed by atoms with Crippen LogP contribution in [0.3, 0.4) is 0 Å². The molecule has 0 aliphatic rings. The third kappa shape index (κ3) is 4.39. The van der Waals surface area contributed by atoms with Gasteiger partial charge in [-0.25, -0.2) is 0 Å². The second kappa shape index (κ2) is 6.02. The van der Waals surface area contributed by atoms with Crippen molar-refractivity contribution in [2.75, 3.05) is 0 Å². The summed E-state index contributed by atoms with van der Waals surface area (Å²) in [6, 6.07) is 6.65. The van der Waals surface area contributed by atoms with Gasteiger partial charge in [0.1, 0.15) is 0 Å². The van der Waals surface area contributed by atoms with Crippen molar-refractivity contribution in [2.45, 2.75) is 49.6 Å². The highest BCUT2D eigenvalue weighted by Gasteiger charge is 2.10. The van der Waals surface area contributed by atoms with Gasteiger partial charge in [0.15, 0.2) is 0 Å². The van der Waals surface area contributed by atoms with Crippen LogP contribution in [0.2, 0.25) is 0 Å². The summed E-state index contributed by atoms with van der Waals surface area (Å²) < 4.78 is 1.83. The Bertz CT molecular complexity index is 582. The Morgan fingerprint density at radius 3 is 2.55 bits per heavy atom. The topological polar surface area (TPSA) is 29.9 Å². The van der Waals surface area contributed by atoms with Crippen LogP contribution in [0.15, 0.2) is 40.4 Å². The van der Waals surface area contributed by atoms with Gasteiger partial charge in [-0.2, -0.15) is 5.10 Å². The molecule has 0 saturated heterocycles. The second-order valence-electron chi connectivity index (χ2n) is 6.14. The first-order valence-corrected chi connectivity index (χ1v) is 7.66. The number of hydrogen-bond acceptors (Lipinski definition) is 3. The van der Waals surface area contributed by atoms with Crippen molar-refractivity contribution < 1.29 is 0 Å². The Balaban J connectivity index is 2.05. The van der Waals surface area contributed by atoms with E-state index in [4.69, 9.17) is 0 Å². The molecule has 0 saturated carbocycles. The van der Waals surface area contributed by atoms with Crippen LogP contribution >= 0.6 is 11.8 Å². The maximum absolute atomic E-state index is 4.20. The van der Waals surface area contributed by atoms with E-state index in [-0.39, 0.29) is 5.54 Å². The van der Waals surface area contributed by atoms with Crippen molar-refractivity contribution in [3.63, 3.8) is 0 Å². The summed E-state index contributed by atoms with van der Waals surface area (Å²) in [5.41, 5.74) is 2.83. The van der Waals surface area contributed by atoms with Crippen LogP contribution in [0, 0.1) is 6.92 Å². The first-order chi connectivity index (χ1) is 9.33. The quantitative estimate of drug-likeness (QED) is 0.929. The minimum absolute atomic E-state index is 0.148. The molecular weight excluding hydrogens is 266 g/mol. The van der Waals surface area contributed by atoms with Crippen LogP contribution < -0.4 is 5.32 Å². The number of rotatable bonds is 4. The standard InChI is InChI=1S/C16H23N3S/c1-12-8-14(20-15-10-18-19(5)11-15)7-6-13(12)9-17-16(2,3)4/h6-8,10-11,17H,9H2,1-5H3. The maximum Gasteiger partial charge on any atom is 0.0629 e. The average Bonchev–Trinajstić information content (AvgIpc) is 2.72. The number of aryl methyl sites for hydroxylation is 2. The molecule has 0 spiro atoms. The number of nitrogens with zero attached hydrogens (tertiary/aromatic N) is 2. The summed E-state index contributed by atoms with van der Waals surface area (Å²) in [7, 11) is 1.94. The third-order valence-corrected chi connectivity index (χ3v) is 3.98. The van der Waals surface area contributed by atoms with Crippen LogP contribution in [0.25, 0.3) is 0 Å². The summed E-state index contributed by atoms with van der Waals surface area (Å²) in [6.45, 7) is 9.65. The zero-order chi connectivity index (χ0) is 14.8. The first kappa shape index (κ1) is 15.1. The lowest BCUT2D eigenvalue weighted by atomic mass is 10.1. The zero-order valence-electron chi connectivity index (χ0n) is 12.9. The van der Waals surface area contributed by atoms with Crippen molar-refractivity contribution in [2.24, 2.45) is 7.05 Å². The van der Waals surface area contributed by atoms with Crippen LogP contribution in [0.5, 0.6) is 0 Å². The fraction of sp³-hybridized carbons (Fsp3) is 0.438. The molecule has 4 heteroatoms. The second-order valence-corrected chi connectivity index (χ2v) is 7.29. The predicted octanol–water partition coefficient (Wildman–Crippen LogP) is 3.77. The molecule has 0 unspecified atom stereocenters. The lowest BCUT2D eigenvalue weighted by Crippen LogP contribution is -2.35. The Morgan fingerprint density at radius 2 is 2.00 bits per heavy atom. The van der Waals surface area contributed by atoms with E-state index in [1.54, 1.807) is 11.8 Å². The summed E-state index contributed by atoms with van der Waals surface area (Å²) in [6.07, 6.45) is 3.93. The summed E-state index contributed by atoms with van der Waals surface area (Å²) in [5.74, 6) is 0. The van der Waals surface area contributed by atoms with E-state index in [2.05, 4.69) is 56.3 Å². The van der Waals surface area contributed by atoms with Gasteiger partial charge < -0.3 is 5.32 Å². The molecule has 0 aliphatic carbocycles. The molecule has 108 valence electrons. The molecule has 1 aromatic carbocycles. The highest BCUT2D eigenvalue weighted by atomic mass is 32.2. The van der Waals surface area contributed by atoms with E-state index in [9.17, 15) is 0 Å². The summed E-state index contributed by atoms with van der Waals surface area (Å²) >= 11 is 1.75. The lowest BCUT2D eigenvalue weighted by Gasteiger charge is -2.21. The Hall–Kier alpha value is -1.26. The van der Waals surface area contributed by atoms with Gasteiger partial charge in [-0.3, -0.25) is 4.68 Å². The average molecular weight is 289 g/mol. The van der Waals surface area contributed by atoms with Gasteiger partial charge in [-0.15, -0.1) is 0 Å². The fourth-order valence-corrected chi connectivity index (χ4v) is 2.83. The molecule has 0 atom stereocenters. The SMILES string of the molecule is Cc1cc(Sc2cnn(C)c2)ccc1CNC(C)(C)C. The van der Waals surface area contributed by atoms with Crippen molar-refractivity contribution in [1.82, 2.24) is 15.1 Å². The van der Waals surface area contributed by atoms with Gasteiger partial charge in [-0.05, 0) is 51.0 Å². The zero-order valence-corrected chi connectivity index (χ0v) is 13.7. The maximum atomic E-state index is 4.20. The molecule has 1 heterocycles. The minimum atomic E-state index is 0.148. The third-order valence-electron chi connectivity index (χ3n) is 3.04. The van der Waals surface area contributed by atoms with Gasteiger partial charge in [0.05, 0.1) is 11.1 Å². The van der Waals surface area contributed by atoms with Crippen LogP contribution in [0.1, 0.15) is 31.9 Å². The molecule has 3 nitrogen and oxygen atoms in total. The molecular formula is C16H23N3S. The Morgan fingerprint density at radius 1 is 1.25 bits per heavy atom. The Kier molecular flexibility index (Phi) is 4.55. The fourth-order valence-electron chi connectivity index (χ4n) is 1.88. The number of benzene rings is 1. The molecule has 1 aromatic heterocycles. The van der Waals surface area contributed by atoms with E-state index in [1.165, 1.54) is 20.9 Å². The van der Waals surface area contributed by atoms with Crippen LogP contribution in [-0.4, -0.2) is 15.3 Å². The normalized spacial score (nSPS) is 11.8. The van der Waals surface area contributed by atoms with E-state index in [0.29, 0.717) is 0 Å². The van der Waals surface area contributed by atoms with Gasteiger partial charge in [0.25, 0.3) is 0 Å². The smallest absolute Gasteiger partial charge is 0.0629 e. The Labute approximate surface area is 125 Å². The lowest BCUT2D eigenvalue weighted by molar-refractivity contribution is 0.424. The van der Waals surface area contributed by atoms with Gasteiger partial charge in [0, 0.05) is 30.2 Å². The van der Waals surface area contributed by atoms with Crippen molar-refractivity contribution in [3.8, 4) is 0 Å². The van der Waals surface area contributed by atoms with E-state index in [0.717, 1.165) is 6.54 Å². The summed E-state index contributed by atoms with van der Waals surface area (Å²) in [4.78, 5) is 2.43. The van der Waals surface area contributed by atoms with Crippen LogP contribution in [0.4, 0.5) is 0 Å². The number of nitrogens with one attached hydrogen (secondary N) is 1. The monoisotopic (exact) mass is 289 g/mol. The molecule has 0 radical (unpaired) electrons. The molecule has 0 amide bonds. The molecule has 2 aromatic rings. The molecule has 2 rings (SSSR count). The highest BCUT2D eigenvalue weighted by molar-refractivity contribution is 7.99. The molecule has 1 N–H and O–H groups in total. The van der Waals surface area contributed by atoms with Gasteiger partial charge in [0.2, 0.25) is 0 Å². The van der Waals surface area contributed by atoms with Gasteiger partial charge >= 0.3 is 0 Å². The number of hydrogen-bond donors (Lipinski definition) is 1. The predicted molar refractivity (Wildman–Crippen MR) is 85.1 cm³/mol. The first-order valence-electron chi connectivity index (χ1n) is 6.84. The van der Waals surface area contributed by atoms with Crippen molar-refractivity contribution in [1.29, 1.82) is 0 Å². The van der Waals surface area contributed by atoms with E-state index in [1.807, 2.05) is 24.1 Å². The van der Waals surface area contributed by atoms with Gasteiger partial charge in [-0.1, -0.05) is 17.8 Å². The van der Waals surface area contributed by atoms with E-state index >= 15 is 0 Å². The molecule has 20 heavy (non-hydrogen) atoms. The van der Waals surface area contributed by atoms with E-state index < -0.39 is 0 Å². The number of aromatic nitrogens is 2. The van der Waals surface area contributed by atoms with Crippen molar-refractivity contribution >= 4 is 11.8 Å². The van der Waals surface area contributed by atoms with Crippen molar-refractivity contribution in [3.05, 3.63) is 41.7 Å². The summed E-state index contributed by atoms with van der Waals surface area (Å²) in [5, 5.41) is 7.73. The molecule has 0 bridgehead atoms. The molecule has 0 fully saturated rings. The largest absolute Gasteiger partial charge is 0.308 e. The van der Waals surface area contributed by atoms with Crippen LogP contribution in [-0.2, 0) is 13.6 Å².